The van der Waals surface area contributed by atoms with Gasteiger partial charge in [-0.05, 0) is 30.7 Å². The van der Waals surface area contributed by atoms with E-state index in [-0.39, 0.29) is 16.7 Å². The highest BCUT2D eigenvalue weighted by Gasteiger charge is 2.17. The van der Waals surface area contributed by atoms with E-state index in [0.29, 0.717) is 17.9 Å². The lowest BCUT2D eigenvalue weighted by Gasteiger charge is -2.26. The van der Waals surface area contributed by atoms with Gasteiger partial charge in [-0.3, -0.25) is 9.69 Å². The topological polar surface area (TPSA) is 113 Å². The molecule has 2 heterocycles. The maximum atomic E-state index is 12.4. The average molecular weight is 413 g/mol. The number of morpholine rings is 1. The van der Waals surface area contributed by atoms with Crippen LogP contribution in [0.15, 0.2) is 45.6 Å². The van der Waals surface area contributed by atoms with E-state index >= 15 is 0 Å². The van der Waals surface area contributed by atoms with E-state index in [2.05, 4.69) is 4.90 Å². The predicted molar refractivity (Wildman–Crippen MR) is 110 cm³/mol. The molecule has 3 N–H and O–H groups in total. The smallest absolute Gasteiger partial charge is 0.201 e. The molecule has 0 bridgehead atoms. The van der Waals surface area contributed by atoms with E-state index in [9.17, 15) is 20.1 Å². The van der Waals surface area contributed by atoms with Crippen molar-refractivity contribution in [1.82, 2.24) is 4.90 Å². The molecule has 1 aliphatic rings. The molecule has 0 saturated carbocycles. The first-order valence-corrected chi connectivity index (χ1v) is 9.78. The molecule has 1 aromatic heterocycles. The molecule has 0 aliphatic carbocycles. The minimum Gasteiger partial charge on any atom is -0.504 e. The summed E-state index contributed by atoms with van der Waals surface area (Å²) in [4.78, 5) is 14.7. The summed E-state index contributed by atoms with van der Waals surface area (Å²) < 4.78 is 16.8. The molecule has 2 aromatic carbocycles. The molecular formula is C22H23NO7. The first-order chi connectivity index (χ1) is 14.5. The van der Waals surface area contributed by atoms with Crippen LogP contribution >= 0.6 is 0 Å². The summed E-state index contributed by atoms with van der Waals surface area (Å²) in [5, 5.41) is 29.0. The third kappa shape index (κ3) is 4.19. The minimum atomic E-state index is -0.752. The molecule has 1 fully saturated rings. The van der Waals surface area contributed by atoms with Crippen molar-refractivity contribution in [3.8, 4) is 34.3 Å². The van der Waals surface area contributed by atoms with Crippen LogP contribution in [0.3, 0.4) is 0 Å². The van der Waals surface area contributed by atoms with Crippen LogP contribution in [-0.2, 0) is 4.74 Å². The van der Waals surface area contributed by atoms with E-state index in [1.165, 1.54) is 6.07 Å². The van der Waals surface area contributed by atoms with Crippen LogP contribution in [0.2, 0.25) is 0 Å². The zero-order valence-electron chi connectivity index (χ0n) is 16.3. The van der Waals surface area contributed by atoms with Crippen LogP contribution in [0.4, 0.5) is 0 Å². The van der Waals surface area contributed by atoms with E-state index < -0.39 is 22.7 Å². The Bertz CT molecular complexity index is 1090. The van der Waals surface area contributed by atoms with Crippen molar-refractivity contribution in [1.29, 1.82) is 0 Å². The highest BCUT2D eigenvalue weighted by Crippen LogP contribution is 2.40. The normalized spacial score (nSPS) is 14.8. The van der Waals surface area contributed by atoms with Crippen LogP contribution in [0.1, 0.15) is 6.42 Å². The predicted octanol–water partition coefficient (Wildman–Crippen LogP) is 2.68. The van der Waals surface area contributed by atoms with Crippen molar-refractivity contribution in [2.24, 2.45) is 0 Å². The van der Waals surface area contributed by atoms with E-state index in [4.69, 9.17) is 13.9 Å². The van der Waals surface area contributed by atoms with Crippen molar-refractivity contribution < 1.29 is 29.2 Å². The summed E-state index contributed by atoms with van der Waals surface area (Å²) in [7, 11) is 0. The lowest BCUT2D eigenvalue weighted by molar-refractivity contribution is 0.0358. The molecule has 4 rings (SSSR count). The number of hydrogen-bond donors (Lipinski definition) is 3. The van der Waals surface area contributed by atoms with Crippen LogP contribution in [0.5, 0.6) is 23.0 Å². The highest BCUT2D eigenvalue weighted by molar-refractivity contribution is 5.89. The summed E-state index contributed by atoms with van der Waals surface area (Å²) in [6.07, 6.45) is 0.918. The van der Waals surface area contributed by atoms with Crippen molar-refractivity contribution >= 4 is 11.0 Å². The average Bonchev–Trinajstić information content (AvgIpc) is 2.76. The van der Waals surface area contributed by atoms with Gasteiger partial charge in [0.2, 0.25) is 5.75 Å². The highest BCUT2D eigenvalue weighted by atomic mass is 16.5. The summed E-state index contributed by atoms with van der Waals surface area (Å²) in [5.41, 5.74) is 0.0953. The fraction of sp³-hybridized carbons (Fsp3) is 0.318. The number of aromatic hydroxyl groups is 3. The Kier molecular flexibility index (Phi) is 5.78. The van der Waals surface area contributed by atoms with Gasteiger partial charge in [-0.25, -0.2) is 0 Å². The van der Waals surface area contributed by atoms with Gasteiger partial charge in [-0.1, -0.05) is 0 Å². The SMILES string of the molecule is O=c1cc(-c2ccc(OCCCN3CCOCC3)cc2)oc2cc(O)c(O)c(O)c12. The molecule has 0 radical (unpaired) electrons. The summed E-state index contributed by atoms with van der Waals surface area (Å²) in [6, 6.07) is 9.45. The van der Waals surface area contributed by atoms with Crippen molar-refractivity contribution in [3.63, 3.8) is 0 Å². The monoisotopic (exact) mass is 413 g/mol. The second-order valence-electron chi connectivity index (χ2n) is 7.12. The Morgan fingerprint density at radius 1 is 1.00 bits per heavy atom. The van der Waals surface area contributed by atoms with Crippen molar-refractivity contribution in [2.45, 2.75) is 6.42 Å². The van der Waals surface area contributed by atoms with Gasteiger partial charge in [0.05, 0.1) is 19.8 Å². The van der Waals surface area contributed by atoms with Gasteiger partial charge >= 0.3 is 0 Å². The Labute approximate surface area is 172 Å². The summed E-state index contributed by atoms with van der Waals surface area (Å²) in [5.74, 6) is -1.04. The third-order valence-corrected chi connectivity index (χ3v) is 5.08. The fourth-order valence-electron chi connectivity index (χ4n) is 3.44. The van der Waals surface area contributed by atoms with Crippen molar-refractivity contribution in [2.75, 3.05) is 39.5 Å². The molecular weight excluding hydrogens is 390 g/mol. The standard InChI is InChI=1S/C22H23NO7/c24-16-12-18(30-19-13-17(25)21(26)22(27)20(16)19)14-2-4-15(5-3-14)29-9-1-6-23-7-10-28-11-8-23/h2-5,12-13,25-27H,1,6-11H2. The number of nitrogens with zero attached hydrogens (tertiary/aromatic N) is 1. The first-order valence-electron chi connectivity index (χ1n) is 9.78. The van der Waals surface area contributed by atoms with E-state index in [0.717, 1.165) is 45.3 Å². The largest absolute Gasteiger partial charge is 0.504 e. The molecule has 8 heteroatoms. The van der Waals surface area contributed by atoms with Crippen LogP contribution in [-0.4, -0.2) is 59.7 Å². The maximum Gasteiger partial charge on any atom is 0.201 e. The van der Waals surface area contributed by atoms with Gasteiger partial charge in [0.15, 0.2) is 16.9 Å². The Morgan fingerprint density at radius 3 is 2.47 bits per heavy atom. The Hall–Kier alpha value is -3.23. The summed E-state index contributed by atoms with van der Waals surface area (Å²) >= 11 is 0. The second kappa shape index (κ2) is 8.64. The molecule has 0 atom stereocenters. The molecule has 30 heavy (non-hydrogen) atoms. The van der Waals surface area contributed by atoms with E-state index in [1.54, 1.807) is 24.3 Å². The molecule has 3 aromatic rings. The zero-order valence-corrected chi connectivity index (χ0v) is 16.3. The van der Waals surface area contributed by atoms with Gasteiger partial charge in [-0.2, -0.15) is 0 Å². The molecule has 1 saturated heterocycles. The lowest BCUT2D eigenvalue weighted by Crippen LogP contribution is -2.37. The maximum absolute atomic E-state index is 12.4. The quantitative estimate of drug-likeness (QED) is 0.418. The molecule has 8 nitrogen and oxygen atoms in total. The minimum absolute atomic E-state index is 0.0197. The fourth-order valence-corrected chi connectivity index (χ4v) is 3.44. The van der Waals surface area contributed by atoms with Gasteiger partial charge in [-0.15, -0.1) is 0 Å². The molecule has 158 valence electrons. The van der Waals surface area contributed by atoms with Crippen LogP contribution < -0.4 is 10.2 Å². The van der Waals surface area contributed by atoms with Crippen LogP contribution in [0.25, 0.3) is 22.3 Å². The number of phenols is 3. The number of benzene rings is 2. The first kappa shape index (κ1) is 20.1. The number of fused-ring (bicyclic) bond motifs is 1. The molecule has 0 amide bonds. The molecule has 1 aliphatic heterocycles. The van der Waals surface area contributed by atoms with Gasteiger partial charge in [0, 0.05) is 37.3 Å². The molecule has 0 unspecified atom stereocenters. The Morgan fingerprint density at radius 2 is 1.73 bits per heavy atom. The second-order valence-corrected chi connectivity index (χ2v) is 7.12. The van der Waals surface area contributed by atoms with Crippen LogP contribution in [0, 0.1) is 0 Å². The molecule has 0 spiro atoms. The van der Waals surface area contributed by atoms with E-state index in [1.807, 2.05) is 0 Å². The number of ether oxygens (including phenoxy) is 2. The zero-order chi connectivity index (χ0) is 21.1. The van der Waals surface area contributed by atoms with Gasteiger partial charge in [0.25, 0.3) is 0 Å². The number of phenolic OH excluding ortho intramolecular Hbond substituents is 3. The number of rotatable bonds is 6. The number of hydrogen-bond acceptors (Lipinski definition) is 8. The lowest BCUT2D eigenvalue weighted by atomic mass is 10.1. The summed E-state index contributed by atoms with van der Waals surface area (Å²) in [6.45, 7) is 5.06. The van der Waals surface area contributed by atoms with Gasteiger partial charge < -0.3 is 29.2 Å². The third-order valence-electron chi connectivity index (χ3n) is 5.08. The van der Waals surface area contributed by atoms with Gasteiger partial charge in [0.1, 0.15) is 22.5 Å². The Balaban J connectivity index is 1.44. The van der Waals surface area contributed by atoms with Crippen molar-refractivity contribution in [3.05, 3.63) is 46.6 Å².